The molecule has 1 saturated heterocycles. The van der Waals surface area contributed by atoms with Crippen molar-refractivity contribution >= 4 is 45.2 Å². The molecule has 5 N–H and O–H groups in total. The van der Waals surface area contributed by atoms with Gasteiger partial charge >= 0.3 is 0 Å². The van der Waals surface area contributed by atoms with E-state index in [1.807, 2.05) is 54.4 Å². The number of rotatable bonds is 7. The second-order valence-corrected chi connectivity index (χ2v) is 12.4. The largest absolute Gasteiger partial charge is 0.494 e. The Kier molecular flexibility index (Phi) is 5.91. The van der Waals surface area contributed by atoms with Crippen LogP contribution < -0.4 is 21.5 Å². The Bertz CT molecular complexity index is 1890. The summed E-state index contributed by atoms with van der Waals surface area (Å²) in [5.74, 6) is 3.23. The first-order chi connectivity index (χ1) is 20.9. The number of ether oxygens (including phenoxy) is 1. The predicted molar refractivity (Wildman–Crippen MR) is 168 cm³/mol. The number of hydrogen-bond donors (Lipinski definition) is 3. The average Bonchev–Trinajstić information content (AvgIpc) is 3.42. The molecule has 3 aliphatic rings. The van der Waals surface area contributed by atoms with Gasteiger partial charge in [0.1, 0.15) is 22.7 Å². The zero-order chi connectivity index (χ0) is 29.4. The third-order valence-electron chi connectivity index (χ3n) is 9.61. The fourth-order valence-electron chi connectivity index (χ4n) is 7.11. The van der Waals surface area contributed by atoms with Crippen LogP contribution >= 0.6 is 0 Å². The van der Waals surface area contributed by atoms with E-state index in [0.29, 0.717) is 23.1 Å². The van der Waals surface area contributed by atoms with Gasteiger partial charge in [-0.1, -0.05) is 0 Å². The van der Waals surface area contributed by atoms with Crippen LogP contribution in [0.25, 0.3) is 33.6 Å². The normalized spacial score (nSPS) is 21.3. The number of nitrogen functional groups attached to an aromatic ring is 1. The molecular weight excluding hydrogens is 540 g/mol. The number of anilines is 3. The molecule has 2 saturated carbocycles. The minimum absolute atomic E-state index is 0.00299. The Morgan fingerprint density at radius 1 is 1.05 bits per heavy atom. The highest BCUT2D eigenvalue weighted by atomic mass is 16.5. The first-order valence-corrected chi connectivity index (χ1v) is 15.1. The second kappa shape index (κ2) is 9.74. The van der Waals surface area contributed by atoms with Gasteiger partial charge in [-0.25, -0.2) is 9.97 Å². The lowest BCUT2D eigenvalue weighted by Crippen LogP contribution is -2.41. The molecule has 0 radical (unpaired) electrons. The van der Waals surface area contributed by atoms with E-state index >= 15 is 0 Å². The van der Waals surface area contributed by atoms with Crippen molar-refractivity contribution < 1.29 is 9.53 Å². The Morgan fingerprint density at radius 3 is 2.56 bits per heavy atom. The number of aromatic nitrogens is 4. The number of piperidine rings is 1. The monoisotopic (exact) mass is 576 g/mol. The van der Waals surface area contributed by atoms with Crippen LogP contribution in [0.1, 0.15) is 36.0 Å². The van der Waals surface area contributed by atoms with E-state index in [0.717, 1.165) is 76.7 Å². The van der Waals surface area contributed by atoms with Crippen LogP contribution in [0.5, 0.6) is 5.75 Å². The number of benzene rings is 2. The van der Waals surface area contributed by atoms with Crippen molar-refractivity contribution in [2.24, 2.45) is 24.6 Å². The lowest BCUT2D eigenvalue weighted by Gasteiger charge is -2.27. The number of hydrogen-bond acceptors (Lipinski definition) is 7. The maximum Gasteiger partial charge on any atom is 0.254 e. The molecule has 4 heterocycles. The molecule has 3 aromatic heterocycles. The third kappa shape index (κ3) is 4.31. The average molecular weight is 577 g/mol. The van der Waals surface area contributed by atoms with Crippen molar-refractivity contribution in [1.82, 2.24) is 24.0 Å². The van der Waals surface area contributed by atoms with E-state index < -0.39 is 0 Å². The van der Waals surface area contributed by atoms with E-state index in [2.05, 4.69) is 26.6 Å². The molecular formula is C33H36N8O2. The number of amides is 1. The summed E-state index contributed by atoms with van der Waals surface area (Å²) >= 11 is 0. The van der Waals surface area contributed by atoms with E-state index in [1.165, 1.54) is 12.8 Å². The van der Waals surface area contributed by atoms with Crippen LogP contribution in [0.15, 0.2) is 54.6 Å². The van der Waals surface area contributed by atoms with Gasteiger partial charge in [-0.15, -0.1) is 0 Å². The minimum Gasteiger partial charge on any atom is -0.494 e. The molecule has 0 unspecified atom stereocenters. The molecule has 1 aliphatic heterocycles. The first-order valence-electron chi connectivity index (χ1n) is 15.1. The highest BCUT2D eigenvalue weighted by molar-refractivity contribution is 6.00. The highest BCUT2D eigenvalue weighted by Gasteiger charge is 2.47. The fraction of sp³-hybridized carbons (Fsp3) is 0.364. The number of pyridine rings is 1. The third-order valence-corrected chi connectivity index (χ3v) is 9.61. The number of carbonyl (C=O) groups excluding carboxylic acids is 1. The molecule has 5 aromatic rings. The molecule has 10 nitrogen and oxygen atoms in total. The van der Waals surface area contributed by atoms with Gasteiger partial charge in [0.15, 0.2) is 5.82 Å². The highest BCUT2D eigenvalue weighted by Crippen LogP contribution is 2.40. The van der Waals surface area contributed by atoms with E-state index in [-0.39, 0.29) is 18.0 Å². The molecule has 2 bridgehead atoms. The molecule has 3 atom stereocenters. The van der Waals surface area contributed by atoms with Crippen molar-refractivity contribution in [1.29, 1.82) is 0 Å². The van der Waals surface area contributed by atoms with Gasteiger partial charge in [0.05, 0.1) is 18.3 Å². The summed E-state index contributed by atoms with van der Waals surface area (Å²) in [4.78, 5) is 25.8. The number of methoxy groups -OCH3 is 1. The van der Waals surface area contributed by atoms with E-state index in [1.54, 1.807) is 7.11 Å². The summed E-state index contributed by atoms with van der Waals surface area (Å²) in [6, 6.07) is 17.8. The quantitative estimate of drug-likeness (QED) is 0.235. The number of nitrogens with two attached hydrogens (primary N) is 2. The lowest BCUT2D eigenvalue weighted by atomic mass is 10.1. The smallest absolute Gasteiger partial charge is 0.254 e. The van der Waals surface area contributed by atoms with Gasteiger partial charge in [-0.05, 0) is 92.1 Å². The van der Waals surface area contributed by atoms with E-state index in [4.69, 9.17) is 26.2 Å². The number of nitrogens with zero attached hydrogens (tertiary/aromatic N) is 5. The van der Waals surface area contributed by atoms with Crippen molar-refractivity contribution in [2.45, 2.75) is 44.3 Å². The number of imidazole rings is 1. The Balaban J connectivity index is 1.20. The van der Waals surface area contributed by atoms with E-state index in [9.17, 15) is 4.79 Å². The number of aryl methyl sites for hydroxylation is 1. The standard InChI is InChI=1S/C33H36N8O2/c1-39-30-24(13-21(15-27(30)43-2)33(42)41-17-20-5-11-25(41)29(20)35)37-32(39)26-14-19-6-12-28(36-23-9-7-22(34)8-10-23)38-31(19)40(26)16-18-3-4-18/h6-10,12-15,18,20,25,29H,3-5,11,16-17,34-35H2,1-2H3,(H,36,38)/t20-,25-,29-/m1/s1. The summed E-state index contributed by atoms with van der Waals surface area (Å²) in [7, 11) is 3.65. The van der Waals surface area contributed by atoms with Crippen LogP contribution in [0.2, 0.25) is 0 Å². The minimum atomic E-state index is 0.00299. The summed E-state index contributed by atoms with van der Waals surface area (Å²) in [6.45, 7) is 1.60. The number of nitrogens with one attached hydrogen (secondary N) is 1. The van der Waals surface area contributed by atoms with Gasteiger partial charge < -0.3 is 35.6 Å². The first kappa shape index (κ1) is 26.1. The zero-order valence-corrected chi connectivity index (χ0v) is 24.5. The Morgan fingerprint density at radius 2 is 1.86 bits per heavy atom. The molecule has 0 spiro atoms. The fourth-order valence-corrected chi connectivity index (χ4v) is 7.11. The zero-order valence-electron chi connectivity index (χ0n) is 24.5. The Labute approximate surface area is 249 Å². The number of likely N-dealkylation sites (tertiary alicyclic amines) is 1. The van der Waals surface area contributed by atoms with Crippen LogP contribution in [-0.4, -0.2) is 55.6 Å². The molecule has 8 rings (SSSR count). The Hall–Kier alpha value is -4.57. The van der Waals surface area contributed by atoms with Crippen LogP contribution in [-0.2, 0) is 13.6 Å². The molecule has 1 amide bonds. The van der Waals surface area contributed by atoms with Gasteiger partial charge in [-0.2, -0.15) is 0 Å². The lowest BCUT2D eigenvalue weighted by molar-refractivity contribution is 0.0700. The maximum atomic E-state index is 13.7. The summed E-state index contributed by atoms with van der Waals surface area (Å²) in [6.07, 6.45) is 4.50. The molecule has 10 heteroatoms. The van der Waals surface area contributed by atoms with Crippen LogP contribution in [0, 0.1) is 11.8 Å². The SMILES string of the molecule is COc1cc(C(=O)N2C[C@H]3CC[C@@H]2[C@@H]3N)cc2nc(-c3cc4ccc(Nc5ccc(N)cc5)nc4n3CC3CC3)n(C)c12. The maximum absolute atomic E-state index is 13.7. The molecule has 2 aromatic carbocycles. The predicted octanol–water partition coefficient (Wildman–Crippen LogP) is 4.90. The van der Waals surface area contributed by atoms with Crippen molar-refractivity contribution in [3.8, 4) is 17.3 Å². The number of carbonyl (C=O) groups is 1. The van der Waals surface area contributed by atoms with Crippen molar-refractivity contribution in [3.63, 3.8) is 0 Å². The summed E-state index contributed by atoms with van der Waals surface area (Å²) in [5.41, 5.74) is 18.0. The van der Waals surface area contributed by atoms with Crippen molar-refractivity contribution in [3.05, 3.63) is 60.2 Å². The van der Waals surface area contributed by atoms with Gasteiger partial charge in [-0.3, -0.25) is 4.79 Å². The summed E-state index contributed by atoms with van der Waals surface area (Å²) < 4.78 is 10.2. The second-order valence-electron chi connectivity index (χ2n) is 12.4. The van der Waals surface area contributed by atoms with Gasteiger partial charge in [0.2, 0.25) is 0 Å². The summed E-state index contributed by atoms with van der Waals surface area (Å²) in [5, 5.41) is 4.46. The van der Waals surface area contributed by atoms with Crippen LogP contribution in [0.4, 0.5) is 17.2 Å². The molecule has 2 aliphatic carbocycles. The number of fused-ring (bicyclic) bond motifs is 4. The molecule has 43 heavy (non-hydrogen) atoms. The molecule has 220 valence electrons. The van der Waals surface area contributed by atoms with Crippen molar-refractivity contribution in [2.75, 3.05) is 24.7 Å². The van der Waals surface area contributed by atoms with Crippen LogP contribution in [0.3, 0.4) is 0 Å². The van der Waals surface area contributed by atoms with Gasteiger partial charge in [0, 0.05) is 54.5 Å². The topological polar surface area (TPSA) is 129 Å². The molecule has 3 fully saturated rings. The van der Waals surface area contributed by atoms with Gasteiger partial charge in [0.25, 0.3) is 5.91 Å².